The highest BCUT2D eigenvalue weighted by molar-refractivity contribution is 5.91. The lowest BCUT2D eigenvalue weighted by Gasteiger charge is -2.03. The number of esters is 1. The van der Waals surface area contributed by atoms with Crippen LogP contribution < -0.4 is 11.1 Å². The van der Waals surface area contributed by atoms with Crippen LogP contribution >= 0.6 is 0 Å². The van der Waals surface area contributed by atoms with Gasteiger partial charge in [-0.1, -0.05) is 12.1 Å². The minimum atomic E-state index is -0.245. The second-order valence-electron chi connectivity index (χ2n) is 2.96. The van der Waals surface area contributed by atoms with E-state index in [9.17, 15) is 9.59 Å². The molecular weight excluding hydrogens is 208 g/mol. The molecule has 88 valence electrons. The van der Waals surface area contributed by atoms with E-state index >= 15 is 0 Å². The molecule has 5 heteroatoms. The van der Waals surface area contributed by atoms with Gasteiger partial charge >= 0.3 is 5.97 Å². The molecule has 1 amide bonds. The van der Waals surface area contributed by atoms with Crippen LogP contribution in [0.3, 0.4) is 0 Å². The van der Waals surface area contributed by atoms with E-state index in [2.05, 4.69) is 10.1 Å². The van der Waals surface area contributed by atoms with Gasteiger partial charge in [0.1, 0.15) is 0 Å². The Bertz CT molecular complexity index is 364. The number of nitrogens with one attached hydrogen (secondary N) is 1. The smallest absolute Gasteiger partial charge is 0.302 e. The van der Waals surface area contributed by atoms with E-state index in [1.807, 2.05) is 12.1 Å². The van der Waals surface area contributed by atoms with E-state index in [1.54, 1.807) is 12.1 Å². The van der Waals surface area contributed by atoms with Crippen LogP contribution in [0, 0.1) is 0 Å². The number of ether oxygens (including phenoxy) is 1. The Hall–Kier alpha value is -2.04. The topological polar surface area (TPSA) is 81.4 Å². The minimum absolute atomic E-state index is 0.108. The highest BCUT2D eigenvalue weighted by atomic mass is 16.5. The predicted molar refractivity (Wildman–Crippen MR) is 62.8 cm³/mol. The molecule has 0 saturated carbocycles. The lowest BCUT2D eigenvalue weighted by Crippen LogP contribution is -2.07. The number of anilines is 2. The van der Waals surface area contributed by atoms with Crippen molar-refractivity contribution in [2.45, 2.75) is 13.8 Å². The molecule has 1 aromatic rings. The number of hydrogen-bond acceptors (Lipinski definition) is 4. The van der Waals surface area contributed by atoms with Crippen LogP contribution in [-0.2, 0) is 14.3 Å². The molecular formula is C11H16N2O3. The van der Waals surface area contributed by atoms with Gasteiger partial charge in [-0.05, 0) is 12.1 Å². The molecule has 0 saturated heterocycles. The maximum atomic E-state index is 10.6. The number of nitrogen functional groups attached to an aromatic ring is 1. The minimum Gasteiger partial charge on any atom is -0.469 e. The first kappa shape index (κ1) is 14.0. The van der Waals surface area contributed by atoms with Gasteiger partial charge in [-0.25, -0.2) is 0 Å². The van der Waals surface area contributed by atoms with E-state index in [1.165, 1.54) is 21.0 Å². The number of para-hydroxylation sites is 2. The van der Waals surface area contributed by atoms with Crippen LogP contribution in [0.1, 0.15) is 13.8 Å². The number of carbonyl (C=O) groups is 2. The van der Waals surface area contributed by atoms with Gasteiger partial charge in [0.15, 0.2) is 0 Å². The number of carbonyl (C=O) groups excluding carboxylic acids is 2. The number of methoxy groups -OCH3 is 1. The Morgan fingerprint density at radius 2 is 1.75 bits per heavy atom. The van der Waals surface area contributed by atoms with Crippen molar-refractivity contribution >= 4 is 23.3 Å². The molecule has 0 unspecified atom stereocenters. The summed E-state index contributed by atoms with van der Waals surface area (Å²) in [5.74, 6) is -0.354. The number of nitrogens with two attached hydrogens (primary N) is 1. The molecule has 0 aliphatic heterocycles. The first-order chi connectivity index (χ1) is 7.47. The summed E-state index contributed by atoms with van der Waals surface area (Å²) in [4.78, 5) is 20.2. The zero-order chi connectivity index (χ0) is 12.6. The molecule has 16 heavy (non-hydrogen) atoms. The van der Waals surface area contributed by atoms with Crippen molar-refractivity contribution in [1.82, 2.24) is 0 Å². The van der Waals surface area contributed by atoms with Crippen LogP contribution in [0.25, 0.3) is 0 Å². The normalized spacial score (nSPS) is 8.44. The molecule has 1 aromatic carbocycles. The Kier molecular flexibility index (Phi) is 6.35. The lowest BCUT2D eigenvalue weighted by molar-refractivity contribution is -0.137. The summed E-state index contributed by atoms with van der Waals surface area (Å²) in [6.45, 7) is 2.81. The van der Waals surface area contributed by atoms with Crippen molar-refractivity contribution < 1.29 is 14.3 Å². The standard InChI is InChI=1S/C8H10N2O.C3H6O2/c1-6(11)10-8-5-3-2-4-7(8)9;1-3(4)5-2/h2-5H,9H2,1H3,(H,10,11);1-2H3. The average molecular weight is 224 g/mol. The van der Waals surface area contributed by atoms with Crippen LogP contribution in [0.5, 0.6) is 0 Å². The highest BCUT2D eigenvalue weighted by Crippen LogP contribution is 2.15. The third-order valence-electron chi connectivity index (χ3n) is 1.56. The molecule has 0 radical (unpaired) electrons. The van der Waals surface area contributed by atoms with Crippen LogP contribution in [0.4, 0.5) is 11.4 Å². The van der Waals surface area contributed by atoms with Gasteiger partial charge in [-0.15, -0.1) is 0 Å². The number of benzene rings is 1. The van der Waals surface area contributed by atoms with E-state index < -0.39 is 0 Å². The molecule has 5 nitrogen and oxygen atoms in total. The molecule has 0 heterocycles. The van der Waals surface area contributed by atoms with Crippen molar-refractivity contribution in [3.05, 3.63) is 24.3 Å². The molecule has 0 bridgehead atoms. The van der Waals surface area contributed by atoms with Gasteiger partial charge in [-0.3, -0.25) is 9.59 Å². The Balaban J connectivity index is 0.000000385. The monoisotopic (exact) mass is 224 g/mol. The summed E-state index contributed by atoms with van der Waals surface area (Å²) in [6.07, 6.45) is 0. The summed E-state index contributed by atoms with van der Waals surface area (Å²) >= 11 is 0. The van der Waals surface area contributed by atoms with E-state index in [4.69, 9.17) is 5.73 Å². The van der Waals surface area contributed by atoms with E-state index in [0.717, 1.165) is 0 Å². The molecule has 0 atom stereocenters. The lowest BCUT2D eigenvalue weighted by atomic mass is 10.3. The molecule has 1 rings (SSSR count). The Morgan fingerprint density at radius 3 is 2.12 bits per heavy atom. The number of hydrogen-bond donors (Lipinski definition) is 2. The molecule has 0 fully saturated rings. The molecule has 0 aliphatic carbocycles. The zero-order valence-electron chi connectivity index (χ0n) is 9.61. The van der Waals surface area contributed by atoms with E-state index in [0.29, 0.717) is 11.4 Å². The number of amides is 1. The van der Waals surface area contributed by atoms with Crippen molar-refractivity contribution in [1.29, 1.82) is 0 Å². The van der Waals surface area contributed by atoms with Gasteiger partial charge in [0.05, 0.1) is 18.5 Å². The molecule has 0 aromatic heterocycles. The summed E-state index contributed by atoms with van der Waals surface area (Å²) in [7, 11) is 1.35. The SMILES string of the molecule is CC(=O)Nc1ccccc1N.COC(C)=O. The fraction of sp³-hybridized carbons (Fsp3) is 0.273. The Labute approximate surface area is 94.6 Å². The van der Waals surface area contributed by atoms with Crippen molar-refractivity contribution in [2.24, 2.45) is 0 Å². The van der Waals surface area contributed by atoms with E-state index in [-0.39, 0.29) is 11.9 Å². The molecule has 0 spiro atoms. The van der Waals surface area contributed by atoms with Gasteiger partial charge in [-0.2, -0.15) is 0 Å². The second kappa shape index (κ2) is 7.28. The zero-order valence-corrected chi connectivity index (χ0v) is 9.61. The van der Waals surface area contributed by atoms with Crippen molar-refractivity contribution in [3.8, 4) is 0 Å². The summed E-state index contributed by atoms with van der Waals surface area (Å²) < 4.78 is 4.11. The van der Waals surface area contributed by atoms with Crippen molar-refractivity contribution in [2.75, 3.05) is 18.2 Å². The summed E-state index contributed by atoms with van der Waals surface area (Å²) in [6, 6.07) is 7.14. The van der Waals surface area contributed by atoms with Gasteiger partial charge in [0.25, 0.3) is 0 Å². The Morgan fingerprint density at radius 1 is 1.25 bits per heavy atom. The third-order valence-corrected chi connectivity index (χ3v) is 1.56. The fourth-order valence-corrected chi connectivity index (χ4v) is 0.800. The van der Waals surface area contributed by atoms with Crippen LogP contribution in [0.15, 0.2) is 24.3 Å². The fourth-order valence-electron chi connectivity index (χ4n) is 0.800. The van der Waals surface area contributed by atoms with Gasteiger partial charge < -0.3 is 15.8 Å². The maximum Gasteiger partial charge on any atom is 0.302 e. The molecule has 3 N–H and O–H groups in total. The summed E-state index contributed by atoms with van der Waals surface area (Å²) in [5, 5.41) is 2.61. The first-order valence-corrected chi connectivity index (χ1v) is 4.64. The van der Waals surface area contributed by atoms with Crippen molar-refractivity contribution in [3.63, 3.8) is 0 Å². The highest BCUT2D eigenvalue weighted by Gasteiger charge is 1.97. The van der Waals surface area contributed by atoms with Crippen LogP contribution in [0.2, 0.25) is 0 Å². The van der Waals surface area contributed by atoms with Crippen LogP contribution in [-0.4, -0.2) is 19.0 Å². The summed E-state index contributed by atoms with van der Waals surface area (Å²) in [5.41, 5.74) is 6.81. The second-order valence-corrected chi connectivity index (χ2v) is 2.96. The maximum absolute atomic E-state index is 10.6. The number of rotatable bonds is 1. The van der Waals surface area contributed by atoms with Gasteiger partial charge in [0, 0.05) is 13.8 Å². The molecule has 0 aliphatic rings. The first-order valence-electron chi connectivity index (χ1n) is 4.64. The largest absolute Gasteiger partial charge is 0.469 e. The predicted octanol–water partition coefficient (Wildman–Crippen LogP) is 1.41. The van der Waals surface area contributed by atoms with Gasteiger partial charge in [0.2, 0.25) is 5.91 Å². The quantitative estimate of drug-likeness (QED) is 0.558. The average Bonchev–Trinajstić information content (AvgIpc) is 2.22. The third kappa shape index (κ3) is 6.42.